The summed E-state index contributed by atoms with van der Waals surface area (Å²) in [6.45, 7) is 0. The third-order valence-corrected chi connectivity index (χ3v) is 2.70. The van der Waals surface area contributed by atoms with Gasteiger partial charge in [-0.15, -0.1) is 0 Å². The summed E-state index contributed by atoms with van der Waals surface area (Å²) in [6.07, 6.45) is 3.15. The van der Waals surface area contributed by atoms with E-state index >= 15 is 0 Å². The molecule has 0 aliphatic rings. The quantitative estimate of drug-likeness (QED) is 0.787. The van der Waals surface area contributed by atoms with Gasteiger partial charge in [0.15, 0.2) is 0 Å². The van der Waals surface area contributed by atoms with E-state index in [1.807, 2.05) is 18.2 Å². The fourth-order valence-corrected chi connectivity index (χ4v) is 1.78. The zero-order chi connectivity index (χ0) is 10.8. The van der Waals surface area contributed by atoms with Crippen LogP contribution in [0.3, 0.4) is 0 Å². The van der Waals surface area contributed by atoms with Crippen LogP contribution in [0.2, 0.25) is 0 Å². The molecule has 0 amide bonds. The van der Waals surface area contributed by atoms with E-state index in [1.54, 1.807) is 13.2 Å². The summed E-state index contributed by atoms with van der Waals surface area (Å²) in [5.74, 6) is 0. The highest BCUT2D eigenvalue weighted by atomic mass is 79.9. The summed E-state index contributed by atoms with van der Waals surface area (Å²) in [7, 11) is 1.66. The molecule has 0 unspecified atom stereocenters. The van der Waals surface area contributed by atoms with Crippen molar-refractivity contribution < 1.29 is 0 Å². The summed E-state index contributed by atoms with van der Waals surface area (Å²) in [6, 6.07) is 5.49. The Morgan fingerprint density at radius 2 is 2.13 bits per heavy atom. The zero-order valence-corrected chi connectivity index (χ0v) is 9.60. The first kappa shape index (κ1) is 10.0. The van der Waals surface area contributed by atoms with E-state index in [9.17, 15) is 4.79 Å². The molecule has 2 aromatic heterocycles. The molecule has 0 bridgehead atoms. The van der Waals surface area contributed by atoms with Crippen LogP contribution in [0.4, 0.5) is 0 Å². The number of halogens is 1. The Hall–Kier alpha value is -1.49. The molecule has 0 aliphatic heterocycles. The molecular formula is C10H8BrN3O. The number of pyridine rings is 1. The van der Waals surface area contributed by atoms with Gasteiger partial charge in [-0.1, -0.05) is 6.07 Å². The predicted octanol–water partition coefficient (Wildman–Crippen LogP) is 1.60. The van der Waals surface area contributed by atoms with Crippen molar-refractivity contribution in [3.05, 3.63) is 45.5 Å². The zero-order valence-electron chi connectivity index (χ0n) is 8.01. The number of hydrogen-bond donors (Lipinski definition) is 0. The van der Waals surface area contributed by atoms with E-state index in [0.29, 0.717) is 15.9 Å². The molecule has 2 heterocycles. The Balaban J connectivity index is 2.66. The van der Waals surface area contributed by atoms with Gasteiger partial charge in [0, 0.05) is 13.2 Å². The lowest BCUT2D eigenvalue weighted by Gasteiger charge is -2.03. The first-order valence-corrected chi connectivity index (χ1v) is 5.12. The molecule has 2 rings (SSSR count). The van der Waals surface area contributed by atoms with Crippen molar-refractivity contribution in [3.8, 4) is 11.4 Å². The molecule has 0 saturated heterocycles. The van der Waals surface area contributed by atoms with Gasteiger partial charge in [-0.2, -0.15) is 0 Å². The van der Waals surface area contributed by atoms with Crippen molar-refractivity contribution >= 4 is 15.9 Å². The summed E-state index contributed by atoms with van der Waals surface area (Å²) in [4.78, 5) is 19.9. The van der Waals surface area contributed by atoms with Gasteiger partial charge in [-0.05, 0) is 28.1 Å². The van der Waals surface area contributed by atoms with Crippen LogP contribution in [-0.2, 0) is 7.05 Å². The Kier molecular flexibility index (Phi) is 2.64. The van der Waals surface area contributed by atoms with Crippen LogP contribution in [-0.4, -0.2) is 14.5 Å². The molecular weight excluding hydrogens is 258 g/mol. The monoisotopic (exact) mass is 265 g/mol. The molecule has 0 N–H and O–H groups in total. The van der Waals surface area contributed by atoms with Gasteiger partial charge in [0.05, 0.1) is 12.0 Å². The normalized spacial score (nSPS) is 10.3. The highest BCUT2D eigenvalue weighted by Gasteiger charge is 2.09. The lowest BCUT2D eigenvalue weighted by Crippen LogP contribution is -2.18. The fraction of sp³-hybridized carbons (Fsp3) is 0.100. The van der Waals surface area contributed by atoms with E-state index in [1.165, 1.54) is 10.9 Å². The maximum Gasteiger partial charge on any atom is 0.268 e. The molecule has 0 spiro atoms. The lowest BCUT2D eigenvalue weighted by atomic mass is 10.2. The van der Waals surface area contributed by atoms with Crippen LogP contribution in [0.25, 0.3) is 11.4 Å². The van der Waals surface area contributed by atoms with Crippen molar-refractivity contribution in [2.24, 2.45) is 7.05 Å². The van der Waals surface area contributed by atoms with E-state index in [-0.39, 0.29) is 5.56 Å². The van der Waals surface area contributed by atoms with E-state index < -0.39 is 0 Å². The fourth-order valence-electron chi connectivity index (χ4n) is 1.19. The lowest BCUT2D eigenvalue weighted by molar-refractivity contribution is 0.818. The number of aryl methyl sites for hydroxylation is 1. The van der Waals surface area contributed by atoms with Crippen molar-refractivity contribution in [1.82, 2.24) is 14.5 Å². The van der Waals surface area contributed by atoms with Gasteiger partial charge >= 0.3 is 0 Å². The standard InChI is InChI=1S/C10H8BrN3O/c1-14-6-13-9(8(11)10(14)15)7-4-2-3-5-12-7/h2-6H,1H3. The van der Waals surface area contributed by atoms with Crippen LogP contribution in [0.5, 0.6) is 0 Å². The first-order valence-electron chi connectivity index (χ1n) is 4.32. The highest BCUT2D eigenvalue weighted by molar-refractivity contribution is 9.10. The van der Waals surface area contributed by atoms with Crippen molar-refractivity contribution in [2.45, 2.75) is 0 Å². The smallest absolute Gasteiger partial charge is 0.268 e. The van der Waals surface area contributed by atoms with Crippen molar-refractivity contribution in [3.63, 3.8) is 0 Å². The van der Waals surface area contributed by atoms with Crippen molar-refractivity contribution in [1.29, 1.82) is 0 Å². The second kappa shape index (κ2) is 3.94. The molecule has 0 saturated carbocycles. The molecule has 0 aromatic carbocycles. The van der Waals surface area contributed by atoms with E-state index in [2.05, 4.69) is 25.9 Å². The van der Waals surface area contributed by atoms with Crippen LogP contribution in [0.15, 0.2) is 40.0 Å². The maximum absolute atomic E-state index is 11.6. The molecule has 2 aromatic rings. The summed E-state index contributed by atoms with van der Waals surface area (Å²) < 4.78 is 1.85. The van der Waals surface area contributed by atoms with Crippen LogP contribution < -0.4 is 5.56 Å². The average Bonchev–Trinajstić information content (AvgIpc) is 2.27. The first-order chi connectivity index (χ1) is 7.20. The Morgan fingerprint density at radius 1 is 1.33 bits per heavy atom. The van der Waals surface area contributed by atoms with Crippen LogP contribution >= 0.6 is 15.9 Å². The topological polar surface area (TPSA) is 47.8 Å². The molecule has 76 valence electrons. The molecule has 15 heavy (non-hydrogen) atoms. The van der Waals surface area contributed by atoms with Gasteiger partial charge in [-0.3, -0.25) is 9.78 Å². The minimum absolute atomic E-state index is 0.120. The summed E-state index contributed by atoms with van der Waals surface area (Å²) >= 11 is 3.23. The number of hydrogen-bond acceptors (Lipinski definition) is 3. The van der Waals surface area contributed by atoms with Gasteiger partial charge in [-0.25, -0.2) is 4.98 Å². The molecule has 4 nitrogen and oxygen atoms in total. The summed E-state index contributed by atoms with van der Waals surface area (Å²) in [5.41, 5.74) is 1.13. The third kappa shape index (κ3) is 1.83. The largest absolute Gasteiger partial charge is 0.301 e. The van der Waals surface area contributed by atoms with Crippen LogP contribution in [0, 0.1) is 0 Å². The van der Waals surface area contributed by atoms with Crippen LogP contribution in [0.1, 0.15) is 0 Å². The van der Waals surface area contributed by atoms with Gasteiger partial charge in [0.1, 0.15) is 10.2 Å². The highest BCUT2D eigenvalue weighted by Crippen LogP contribution is 2.19. The Bertz CT molecular complexity index is 536. The second-order valence-electron chi connectivity index (χ2n) is 3.04. The van der Waals surface area contributed by atoms with E-state index in [4.69, 9.17) is 0 Å². The van der Waals surface area contributed by atoms with E-state index in [0.717, 1.165) is 0 Å². The molecule has 0 radical (unpaired) electrons. The molecule has 0 fully saturated rings. The number of nitrogens with zero attached hydrogens (tertiary/aromatic N) is 3. The SMILES string of the molecule is Cn1cnc(-c2ccccn2)c(Br)c1=O. The minimum Gasteiger partial charge on any atom is -0.301 e. The average molecular weight is 266 g/mol. The Labute approximate surface area is 94.8 Å². The third-order valence-electron chi connectivity index (χ3n) is 1.98. The van der Waals surface area contributed by atoms with Gasteiger partial charge < -0.3 is 4.57 Å². The predicted molar refractivity (Wildman–Crippen MR) is 60.4 cm³/mol. The van der Waals surface area contributed by atoms with Crippen molar-refractivity contribution in [2.75, 3.05) is 0 Å². The minimum atomic E-state index is -0.120. The number of rotatable bonds is 1. The molecule has 0 aliphatic carbocycles. The Morgan fingerprint density at radius 3 is 2.80 bits per heavy atom. The molecule has 0 atom stereocenters. The van der Waals surface area contributed by atoms with Gasteiger partial charge in [0.25, 0.3) is 5.56 Å². The van der Waals surface area contributed by atoms with Gasteiger partial charge in [0.2, 0.25) is 0 Å². The summed E-state index contributed by atoms with van der Waals surface area (Å²) in [5, 5.41) is 0. The molecule has 5 heteroatoms. The number of aromatic nitrogens is 3. The second-order valence-corrected chi connectivity index (χ2v) is 3.83. The maximum atomic E-state index is 11.6.